The highest BCUT2D eigenvalue weighted by Crippen LogP contribution is 2.18. The minimum absolute atomic E-state index is 0.0487. The summed E-state index contributed by atoms with van der Waals surface area (Å²) in [4.78, 5) is 63.3. The molecule has 0 fully saturated rings. The molecule has 0 saturated carbocycles. The monoisotopic (exact) mass is 533 g/mol. The van der Waals surface area contributed by atoms with Crippen molar-refractivity contribution in [3.63, 3.8) is 0 Å². The van der Waals surface area contributed by atoms with Crippen LogP contribution < -0.4 is 5.32 Å². The lowest BCUT2D eigenvalue weighted by atomic mass is 10.1. The van der Waals surface area contributed by atoms with E-state index in [1.54, 1.807) is 45.0 Å². The van der Waals surface area contributed by atoms with Crippen LogP contribution in [0.3, 0.4) is 0 Å². The molecule has 39 heavy (non-hydrogen) atoms. The molecule has 3 aromatic rings. The fourth-order valence-corrected chi connectivity index (χ4v) is 3.56. The normalized spacial score (nSPS) is 12.0. The van der Waals surface area contributed by atoms with Gasteiger partial charge in [0.15, 0.2) is 0 Å². The Morgan fingerprint density at radius 3 is 1.69 bits per heavy atom. The molecule has 0 aliphatic carbocycles. The number of nitrogens with one attached hydrogen (secondary N) is 1. The van der Waals surface area contributed by atoms with Crippen molar-refractivity contribution < 1.29 is 43.3 Å². The molecule has 0 radical (unpaired) electrons. The van der Waals surface area contributed by atoms with E-state index in [1.165, 1.54) is 48.5 Å². The number of hydrogen-bond donors (Lipinski definition) is 2. The smallest absolute Gasteiger partial charge is 0.349 e. The van der Waals surface area contributed by atoms with Crippen LogP contribution in [-0.2, 0) is 23.8 Å². The predicted molar refractivity (Wildman–Crippen MR) is 139 cm³/mol. The molecule has 3 aromatic carbocycles. The van der Waals surface area contributed by atoms with Crippen LogP contribution in [0.5, 0.6) is 0 Å². The minimum Gasteiger partial charge on any atom is -0.478 e. The van der Waals surface area contributed by atoms with Crippen molar-refractivity contribution in [3.05, 3.63) is 101 Å². The van der Waals surface area contributed by atoms with Gasteiger partial charge in [0.25, 0.3) is 5.91 Å². The minimum atomic E-state index is -2.19. The van der Waals surface area contributed by atoms with Crippen LogP contribution in [0.25, 0.3) is 0 Å². The van der Waals surface area contributed by atoms with Gasteiger partial charge >= 0.3 is 23.9 Å². The van der Waals surface area contributed by atoms with Gasteiger partial charge < -0.3 is 24.6 Å². The second kappa shape index (κ2) is 13.0. The molecule has 0 aromatic heterocycles. The molecule has 2 atom stereocenters. The van der Waals surface area contributed by atoms with E-state index in [1.807, 2.05) is 0 Å². The maximum absolute atomic E-state index is 13.3. The Labute approximate surface area is 224 Å². The van der Waals surface area contributed by atoms with Gasteiger partial charge in [0, 0.05) is 5.69 Å². The Hall–Kier alpha value is -4.99. The third kappa shape index (κ3) is 7.75. The Morgan fingerprint density at radius 2 is 1.21 bits per heavy atom. The zero-order chi connectivity index (χ0) is 28.5. The number of aliphatic carboxylic acids is 1. The first kappa shape index (κ1) is 28.6. The fourth-order valence-electron chi connectivity index (χ4n) is 3.56. The summed E-state index contributed by atoms with van der Waals surface area (Å²) in [5.41, 5.74) is 1.78. The highest BCUT2D eigenvalue weighted by Gasteiger charge is 2.41. The predicted octanol–water partition coefficient (Wildman–Crippen LogP) is 3.95. The van der Waals surface area contributed by atoms with E-state index in [9.17, 15) is 29.1 Å². The van der Waals surface area contributed by atoms with Crippen LogP contribution in [0, 0.1) is 13.8 Å². The summed E-state index contributed by atoms with van der Waals surface area (Å²) < 4.78 is 15.5. The summed E-state index contributed by atoms with van der Waals surface area (Å²) in [6.45, 7) is 5.25. The SMILES string of the molecule is CCOC(=O)c1cccc(NC(=O)[C@@H](OC(=O)c2cccc(C)c2)[C@@H](OC(=O)c2cccc(C)c2)C(=O)O)c1. The zero-order valence-electron chi connectivity index (χ0n) is 21.5. The maximum Gasteiger partial charge on any atom is 0.349 e. The fraction of sp³-hybridized carbons (Fsp3) is 0.207. The zero-order valence-corrected chi connectivity index (χ0v) is 21.5. The number of hydrogen-bond acceptors (Lipinski definition) is 8. The van der Waals surface area contributed by atoms with E-state index < -0.39 is 42.0 Å². The van der Waals surface area contributed by atoms with Crippen molar-refractivity contribution in [2.45, 2.75) is 33.0 Å². The lowest BCUT2D eigenvalue weighted by Gasteiger charge is -2.23. The van der Waals surface area contributed by atoms with E-state index in [0.717, 1.165) is 11.1 Å². The van der Waals surface area contributed by atoms with Gasteiger partial charge in [-0.15, -0.1) is 0 Å². The molecule has 0 spiro atoms. The van der Waals surface area contributed by atoms with Gasteiger partial charge in [0.2, 0.25) is 12.2 Å². The van der Waals surface area contributed by atoms with Gasteiger partial charge in [-0.1, -0.05) is 41.5 Å². The van der Waals surface area contributed by atoms with E-state index in [2.05, 4.69) is 5.32 Å². The Kier molecular flexibility index (Phi) is 9.53. The number of rotatable bonds is 10. The number of benzene rings is 3. The first-order valence-electron chi connectivity index (χ1n) is 11.9. The second-order valence-corrected chi connectivity index (χ2v) is 8.52. The second-order valence-electron chi connectivity index (χ2n) is 8.52. The van der Waals surface area contributed by atoms with Gasteiger partial charge in [0.1, 0.15) is 0 Å². The Bertz CT molecular complexity index is 1400. The number of carbonyl (C=O) groups excluding carboxylic acids is 4. The molecule has 0 heterocycles. The lowest BCUT2D eigenvalue weighted by Crippen LogP contribution is -2.48. The van der Waals surface area contributed by atoms with E-state index >= 15 is 0 Å². The first-order valence-corrected chi connectivity index (χ1v) is 11.9. The first-order chi connectivity index (χ1) is 18.6. The average molecular weight is 534 g/mol. The number of aryl methyl sites for hydroxylation is 2. The molecule has 0 bridgehead atoms. The largest absolute Gasteiger partial charge is 0.478 e. The summed E-state index contributed by atoms with van der Waals surface area (Å²) >= 11 is 0. The van der Waals surface area contributed by atoms with Crippen molar-refractivity contribution >= 4 is 35.5 Å². The number of carboxylic acid groups (broad SMARTS) is 1. The van der Waals surface area contributed by atoms with E-state index in [4.69, 9.17) is 14.2 Å². The molecule has 10 heteroatoms. The van der Waals surface area contributed by atoms with Gasteiger partial charge in [-0.2, -0.15) is 0 Å². The molecular weight excluding hydrogens is 506 g/mol. The molecule has 0 aliphatic rings. The summed E-state index contributed by atoms with van der Waals surface area (Å²) in [7, 11) is 0. The standard InChI is InChI=1S/C29H27NO9/c1-4-37-27(34)21-12-7-13-22(16-21)30-25(31)23(38-28(35)19-10-5-8-17(2)14-19)24(26(32)33)39-29(36)20-11-6-9-18(3)15-20/h5-16,23-24H,4H2,1-3H3,(H,30,31)(H,32,33)/t23-,24+/m0/s1. The molecular formula is C29H27NO9. The molecule has 0 saturated heterocycles. The van der Waals surface area contributed by atoms with E-state index in [-0.39, 0.29) is 29.0 Å². The molecule has 202 valence electrons. The summed E-state index contributed by atoms with van der Waals surface area (Å²) in [5, 5.41) is 12.3. The third-order valence-electron chi connectivity index (χ3n) is 5.39. The van der Waals surface area contributed by atoms with Crippen molar-refractivity contribution in [1.82, 2.24) is 0 Å². The number of carboxylic acids is 1. The summed E-state index contributed by atoms with van der Waals surface area (Å²) in [6.07, 6.45) is -4.28. The van der Waals surface area contributed by atoms with Gasteiger partial charge in [-0.25, -0.2) is 19.2 Å². The topological polar surface area (TPSA) is 145 Å². The van der Waals surface area contributed by atoms with Crippen molar-refractivity contribution in [3.8, 4) is 0 Å². The molecule has 1 amide bonds. The Morgan fingerprint density at radius 1 is 0.718 bits per heavy atom. The highest BCUT2D eigenvalue weighted by atomic mass is 16.6. The van der Waals surface area contributed by atoms with Crippen LogP contribution in [0.2, 0.25) is 0 Å². The molecule has 2 N–H and O–H groups in total. The van der Waals surface area contributed by atoms with Gasteiger partial charge in [0.05, 0.1) is 23.3 Å². The van der Waals surface area contributed by atoms with Crippen molar-refractivity contribution in [2.75, 3.05) is 11.9 Å². The van der Waals surface area contributed by atoms with Crippen LogP contribution in [0.1, 0.15) is 49.1 Å². The molecule has 0 aliphatic heterocycles. The van der Waals surface area contributed by atoms with Crippen molar-refractivity contribution in [2.24, 2.45) is 0 Å². The lowest BCUT2D eigenvalue weighted by molar-refractivity contribution is -0.157. The third-order valence-corrected chi connectivity index (χ3v) is 5.39. The Balaban J connectivity index is 1.93. The summed E-state index contributed by atoms with van der Waals surface area (Å²) in [6, 6.07) is 18.2. The van der Waals surface area contributed by atoms with Crippen LogP contribution in [-0.4, -0.2) is 53.7 Å². The highest BCUT2D eigenvalue weighted by molar-refractivity contribution is 6.02. The van der Waals surface area contributed by atoms with Gasteiger partial charge in [-0.05, 0) is 63.2 Å². The number of anilines is 1. The molecule has 3 rings (SSSR count). The van der Waals surface area contributed by atoms with Gasteiger partial charge in [-0.3, -0.25) is 4.79 Å². The summed E-state index contributed by atoms with van der Waals surface area (Å²) in [5.74, 6) is -5.47. The number of amides is 1. The number of esters is 3. The average Bonchev–Trinajstić information content (AvgIpc) is 2.90. The quantitative estimate of drug-likeness (QED) is 0.292. The maximum atomic E-state index is 13.3. The molecule has 10 nitrogen and oxygen atoms in total. The van der Waals surface area contributed by atoms with E-state index in [0.29, 0.717) is 0 Å². The van der Waals surface area contributed by atoms with Crippen LogP contribution in [0.15, 0.2) is 72.8 Å². The van der Waals surface area contributed by atoms with Crippen LogP contribution in [0.4, 0.5) is 5.69 Å². The number of carbonyl (C=O) groups is 5. The number of ether oxygens (including phenoxy) is 3. The van der Waals surface area contributed by atoms with Crippen LogP contribution >= 0.6 is 0 Å². The van der Waals surface area contributed by atoms with Crippen molar-refractivity contribution in [1.29, 1.82) is 0 Å². The molecule has 0 unspecified atom stereocenters.